The van der Waals surface area contributed by atoms with Gasteiger partial charge in [-0.2, -0.15) is 0 Å². The van der Waals surface area contributed by atoms with E-state index in [9.17, 15) is 0 Å². The Balaban J connectivity index is 0.00000207. The molecule has 3 heteroatoms. The summed E-state index contributed by atoms with van der Waals surface area (Å²) in [4.78, 5) is 9.69. The van der Waals surface area contributed by atoms with Gasteiger partial charge in [0.15, 0.2) is 0 Å². The van der Waals surface area contributed by atoms with Crippen LogP contribution in [-0.4, -0.2) is 17.0 Å². The molecule has 1 aromatic heterocycles. The number of rotatable bonds is 5. The summed E-state index contributed by atoms with van der Waals surface area (Å²) in [6.07, 6.45) is 12.1. The van der Waals surface area contributed by atoms with Crippen LogP contribution in [0.5, 0.6) is 0 Å². The molecule has 296 valence electrons. The van der Waals surface area contributed by atoms with Gasteiger partial charge in [-0.1, -0.05) is 137 Å². The number of nitrogens with zero attached hydrogens (tertiary/aromatic N) is 3. The van der Waals surface area contributed by atoms with Crippen LogP contribution in [0.1, 0.15) is 91.9 Å². The van der Waals surface area contributed by atoms with Crippen molar-refractivity contribution in [2.24, 2.45) is 9.98 Å². The highest BCUT2D eigenvalue weighted by molar-refractivity contribution is 6.14. The van der Waals surface area contributed by atoms with Crippen molar-refractivity contribution in [1.82, 2.24) is 4.57 Å². The fourth-order valence-corrected chi connectivity index (χ4v) is 10.7. The Morgan fingerprint density at radius 3 is 2.33 bits per heavy atom. The largest absolute Gasteiger partial charge is 0.312 e. The highest BCUT2D eigenvalue weighted by Crippen LogP contribution is 2.53. The zero-order chi connectivity index (χ0) is 41.4. The molecule has 12 rings (SSSR count). The zero-order valence-electron chi connectivity index (χ0n) is 35.5. The minimum atomic E-state index is -0.120. The van der Waals surface area contributed by atoms with Gasteiger partial charge in [0.1, 0.15) is 0 Å². The molecule has 1 unspecified atom stereocenters. The van der Waals surface area contributed by atoms with Gasteiger partial charge >= 0.3 is 0 Å². The SMILES string of the molecule is C=N/C(=C1/CCC=CC1=NCc1ccc(-c2ccc3c(c2)C(C)(C)c2cc4cc5c6c7n(c5cc4cc2-3)-c2ccccc2C7CC=C6)cc1)c1ccc2ccccc2c1.CC. The number of allylic oxidation sites excluding steroid dienone is 4. The highest BCUT2D eigenvalue weighted by atomic mass is 15.0. The second-order valence-electron chi connectivity index (χ2n) is 17.3. The maximum absolute atomic E-state index is 5.14. The summed E-state index contributed by atoms with van der Waals surface area (Å²) < 4.78 is 2.55. The van der Waals surface area contributed by atoms with Crippen LogP contribution in [0.3, 0.4) is 0 Å². The monoisotopic (exact) mass is 787 g/mol. The Bertz CT molecular complexity index is 3250. The van der Waals surface area contributed by atoms with Crippen LogP contribution in [0.4, 0.5) is 0 Å². The van der Waals surface area contributed by atoms with E-state index >= 15 is 0 Å². The lowest BCUT2D eigenvalue weighted by atomic mass is 9.81. The van der Waals surface area contributed by atoms with Gasteiger partial charge in [-0.05, 0) is 141 Å². The molecule has 0 amide bonds. The maximum atomic E-state index is 5.14. The first kappa shape index (κ1) is 37.2. The van der Waals surface area contributed by atoms with E-state index in [4.69, 9.17) is 4.99 Å². The second kappa shape index (κ2) is 14.4. The van der Waals surface area contributed by atoms with E-state index in [0.717, 1.165) is 41.8 Å². The molecule has 0 saturated carbocycles. The minimum Gasteiger partial charge on any atom is -0.312 e. The number of hydrogen-bond acceptors (Lipinski definition) is 2. The molecule has 8 aromatic rings. The van der Waals surface area contributed by atoms with E-state index in [2.05, 4.69) is 188 Å². The third-order valence-electron chi connectivity index (χ3n) is 13.7. The molecule has 0 bridgehead atoms. The van der Waals surface area contributed by atoms with E-state index in [1.54, 1.807) is 0 Å². The third-order valence-corrected chi connectivity index (χ3v) is 13.7. The Kier molecular flexibility index (Phi) is 8.79. The van der Waals surface area contributed by atoms with E-state index in [1.165, 1.54) is 93.9 Å². The molecule has 3 aliphatic carbocycles. The van der Waals surface area contributed by atoms with Crippen molar-refractivity contribution in [2.45, 2.75) is 64.8 Å². The average molecular weight is 788 g/mol. The first-order valence-electron chi connectivity index (χ1n) is 22.0. The molecule has 0 fully saturated rings. The smallest absolute Gasteiger partial charge is 0.0748 e. The van der Waals surface area contributed by atoms with Gasteiger partial charge in [0, 0.05) is 44.8 Å². The minimum absolute atomic E-state index is 0.120. The predicted octanol–water partition coefficient (Wildman–Crippen LogP) is 15.2. The van der Waals surface area contributed by atoms with Gasteiger partial charge in [0.25, 0.3) is 0 Å². The summed E-state index contributed by atoms with van der Waals surface area (Å²) in [5.41, 5.74) is 20.2. The molecule has 0 radical (unpaired) electrons. The zero-order valence-corrected chi connectivity index (χ0v) is 35.5. The predicted molar refractivity (Wildman–Crippen MR) is 261 cm³/mol. The molecular weight excluding hydrogens is 739 g/mol. The molecule has 1 aliphatic heterocycles. The molecule has 0 N–H and O–H groups in total. The van der Waals surface area contributed by atoms with Crippen LogP contribution in [0.15, 0.2) is 167 Å². The van der Waals surface area contributed by atoms with Crippen molar-refractivity contribution in [3.63, 3.8) is 0 Å². The Morgan fingerprint density at radius 1 is 0.705 bits per heavy atom. The summed E-state index contributed by atoms with van der Waals surface area (Å²) in [7, 11) is 0. The topological polar surface area (TPSA) is 29.6 Å². The Morgan fingerprint density at radius 2 is 1.48 bits per heavy atom. The van der Waals surface area contributed by atoms with Crippen molar-refractivity contribution in [1.29, 1.82) is 0 Å². The molecule has 4 aliphatic rings. The standard InChI is InChI=1S/C56H43N3.C2H6/c1-56(2)49-30-38(36-21-19-34(20-22-36)33-58-51-17-8-6-14-46(51)54(57-3)39-24-23-35-11-4-5-12-37(35)27-39)25-26-42(49)47-28-41-32-53-48(29-40(41)31-50(47)56)45-16-10-15-44-43-13-7-9-18-52(43)59(53)55(44)45;1-2/h4-5,7-13,16-32,44H,3,6,14-15,33H2,1-2H3;1-2H3/b54-46-,58-51?;. The van der Waals surface area contributed by atoms with Gasteiger partial charge in [0.05, 0.1) is 23.5 Å². The molecule has 1 atom stereocenters. The van der Waals surface area contributed by atoms with Crippen molar-refractivity contribution in [3.8, 4) is 27.9 Å². The molecule has 2 heterocycles. The van der Waals surface area contributed by atoms with Gasteiger partial charge in [-0.3, -0.25) is 9.98 Å². The molecule has 7 aromatic carbocycles. The van der Waals surface area contributed by atoms with Gasteiger partial charge in [0.2, 0.25) is 0 Å². The first-order valence-corrected chi connectivity index (χ1v) is 22.0. The summed E-state index contributed by atoms with van der Waals surface area (Å²) in [6, 6.07) is 49.9. The number of para-hydroxylation sites is 1. The van der Waals surface area contributed by atoms with Gasteiger partial charge < -0.3 is 4.57 Å². The molecule has 0 saturated heterocycles. The van der Waals surface area contributed by atoms with Crippen molar-refractivity contribution in [3.05, 3.63) is 196 Å². The van der Waals surface area contributed by atoms with Gasteiger partial charge in [-0.15, -0.1) is 0 Å². The summed E-state index contributed by atoms with van der Waals surface area (Å²) in [6.45, 7) is 13.4. The van der Waals surface area contributed by atoms with E-state index in [-0.39, 0.29) is 5.41 Å². The molecule has 3 nitrogen and oxygen atoms in total. The Labute approximate surface area is 358 Å². The number of hydrogen-bond donors (Lipinski definition) is 0. The fraction of sp³-hybridized carbons (Fsp3) is 0.172. The quantitative estimate of drug-likeness (QED) is 0.156. The lowest BCUT2D eigenvalue weighted by Crippen LogP contribution is -2.15. The van der Waals surface area contributed by atoms with Gasteiger partial charge in [-0.25, -0.2) is 0 Å². The summed E-state index contributed by atoms with van der Waals surface area (Å²) >= 11 is 0. The average Bonchev–Trinajstić information content (AvgIpc) is 3.90. The Hall–Kier alpha value is -6.84. The van der Waals surface area contributed by atoms with E-state index in [1.807, 2.05) is 13.8 Å². The molecule has 61 heavy (non-hydrogen) atoms. The number of aromatic nitrogens is 1. The van der Waals surface area contributed by atoms with Crippen LogP contribution in [-0.2, 0) is 12.0 Å². The summed E-state index contributed by atoms with van der Waals surface area (Å²) in [5.74, 6) is 0.442. The number of aliphatic imine (C=N–C) groups is 2. The number of benzene rings is 7. The second-order valence-corrected chi connectivity index (χ2v) is 17.3. The first-order chi connectivity index (χ1) is 29.9. The lowest BCUT2D eigenvalue weighted by molar-refractivity contribution is 0.661. The van der Waals surface area contributed by atoms with Crippen LogP contribution >= 0.6 is 0 Å². The lowest BCUT2D eigenvalue weighted by Gasteiger charge is -2.22. The van der Waals surface area contributed by atoms with Crippen LogP contribution < -0.4 is 0 Å². The van der Waals surface area contributed by atoms with Crippen LogP contribution in [0.25, 0.3) is 72.2 Å². The molecular formula is C58H49N3. The maximum Gasteiger partial charge on any atom is 0.0748 e. The normalized spacial score (nSPS) is 17.8. The summed E-state index contributed by atoms with van der Waals surface area (Å²) in [5, 5.41) is 6.41. The number of fused-ring (bicyclic) bond motifs is 11. The van der Waals surface area contributed by atoms with E-state index < -0.39 is 0 Å². The van der Waals surface area contributed by atoms with Crippen LogP contribution in [0.2, 0.25) is 0 Å². The highest BCUT2D eigenvalue weighted by Gasteiger charge is 2.37. The van der Waals surface area contributed by atoms with E-state index in [0.29, 0.717) is 12.5 Å². The molecule has 0 spiro atoms. The van der Waals surface area contributed by atoms with Crippen LogP contribution in [0, 0.1) is 0 Å². The van der Waals surface area contributed by atoms with Crippen molar-refractivity contribution in [2.75, 3.05) is 0 Å². The third kappa shape index (κ3) is 5.78. The van der Waals surface area contributed by atoms with Crippen molar-refractivity contribution >= 4 is 56.7 Å². The van der Waals surface area contributed by atoms with Crippen molar-refractivity contribution < 1.29 is 0 Å². The fourth-order valence-electron chi connectivity index (χ4n) is 10.7.